The normalized spacial score (nSPS) is 16.6. The van der Waals surface area contributed by atoms with E-state index in [-0.39, 0.29) is 33.0 Å². The van der Waals surface area contributed by atoms with Crippen LogP contribution in [0.2, 0.25) is 0 Å². The van der Waals surface area contributed by atoms with Gasteiger partial charge in [0.25, 0.3) is 0 Å². The molecule has 4 aromatic carbocycles. The van der Waals surface area contributed by atoms with Gasteiger partial charge in [0.15, 0.2) is 0 Å². The number of alkyl halides is 3. The summed E-state index contributed by atoms with van der Waals surface area (Å²) < 4.78 is 27.7. The molecule has 0 unspecified atom stereocenters. The molecule has 1 aliphatic rings. The number of halogens is 3. The van der Waals surface area contributed by atoms with E-state index in [4.69, 9.17) is 58.5 Å². The summed E-state index contributed by atoms with van der Waals surface area (Å²) in [5.41, 5.74) is 4.67. The molecule has 0 saturated heterocycles. The van der Waals surface area contributed by atoms with E-state index in [1.54, 1.807) is 19.3 Å². The number of nitrogens with zero attached hydrogens (tertiary/aromatic N) is 1. The van der Waals surface area contributed by atoms with Crippen LogP contribution in [0.25, 0.3) is 0 Å². The minimum atomic E-state index is -1.80. The number of methoxy groups -OCH3 is 1. The lowest BCUT2D eigenvalue weighted by Crippen LogP contribution is -2.37. The number of anilines is 1. The van der Waals surface area contributed by atoms with Crippen molar-refractivity contribution in [1.82, 2.24) is 0 Å². The Labute approximate surface area is 301 Å². The highest BCUT2D eigenvalue weighted by molar-refractivity contribution is 6.67. The Balaban J connectivity index is 1.52. The van der Waals surface area contributed by atoms with Gasteiger partial charge in [0.1, 0.15) is 24.7 Å². The zero-order chi connectivity index (χ0) is 34.6. The Kier molecular flexibility index (Phi) is 13.2. The summed E-state index contributed by atoms with van der Waals surface area (Å²) in [6, 6.07) is 30.8. The molecule has 1 N–H and O–H groups in total. The average Bonchev–Trinajstić information content (AvgIpc) is 3.10. The topological polar surface area (TPSA) is 86.7 Å². The van der Waals surface area contributed by atoms with Crippen LogP contribution in [0.3, 0.4) is 0 Å². The van der Waals surface area contributed by atoms with Gasteiger partial charge in [-0.3, -0.25) is 4.90 Å². The molecule has 0 aromatic heterocycles. The van der Waals surface area contributed by atoms with Gasteiger partial charge in [-0.25, -0.2) is 4.79 Å². The van der Waals surface area contributed by atoms with Crippen LogP contribution in [0, 0.1) is 0 Å². The predicted octanol–water partition coefficient (Wildman–Crippen LogP) is 8.54. The first-order chi connectivity index (χ1) is 23.7. The molecule has 1 aliphatic heterocycles. The van der Waals surface area contributed by atoms with Gasteiger partial charge in [0.2, 0.25) is 3.79 Å². The van der Waals surface area contributed by atoms with E-state index < -0.39 is 28.5 Å². The highest BCUT2D eigenvalue weighted by Crippen LogP contribution is 2.42. The van der Waals surface area contributed by atoms with Crippen molar-refractivity contribution in [3.63, 3.8) is 0 Å². The maximum Gasteiger partial charge on any atom is 0.414 e. The van der Waals surface area contributed by atoms with Crippen molar-refractivity contribution in [1.29, 1.82) is 0 Å². The van der Waals surface area contributed by atoms with Gasteiger partial charge in [-0.1, -0.05) is 120 Å². The maximum atomic E-state index is 13.6. The van der Waals surface area contributed by atoms with Gasteiger partial charge in [-0.15, -0.1) is 0 Å². The van der Waals surface area contributed by atoms with Gasteiger partial charge < -0.3 is 28.8 Å². The van der Waals surface area contributed by atoms with E-state index in [2.05, 4.69) is 0 Å². The second-order valence-corrected chi connectivity index (χ2v) is 14.0. The molecule has 11 heteroatoms. The molecule has 0 bridgehead atoms. The average molecular weight is 727 g/mol. The Morgan fingerprint density at radius 2 is 1.43 bits per heavy atom. The van der Waals surface area contributed by atoms with Crippen LogP contribution in [0.15, 0.2) is 109 Å². The van der Waals surface area contributed by atoms with Crippen LogP contribution in [0.5, 0.6) is 11.5 Å². The molecular formula is C38H38Cl3NO7. The zero-order valence-electron chi connectivity index (χ0n) is 27.0. The van der Waals surface area contributed by atoms with Crippen LogP contribution < -0.4 is 14.4 Å². The summed E-state index contributed by atoms with van der Waals surface area (Å²) in [6.07, 6.45) is 1.64. The van der Waals surface area contributed by atoms with E-state index >= 15 is 0 Å². The highest BCUT2D eigenvalue weighted by Gasteiger charge is 2.34. The number of carbonyl (C=O) groups excluding carboxylic acids is 1. The second kappa shape index (κ2) is 17.8. The number of aliphatic hydroxyl groups is 1. The first-order valence-corrected chi connectivity index (χ1v) is 16.8. The summed E-state index contributed by atoms with van der Waals surface area (Å²) in [4.78, 5) is 15.1. The zero-order valence-corrected chi connectivity index (χ0v) is 29.2. The van der Waals surface area contributed by atoms with E-state index in [0.717, 1.165) is 28.0 Å². The van der Waals surface area contributed by atoms with Crippen molar-refractivity contribution < 1.29 is 33.6 Å². The van der Waals surface area contributed by atoms with E-state index in [9.17, 15) is 9.90 Å². The molecule has 1 amide bonds. The standard InChI is InChI=1S/C38H38Cl3NO7/c1-45-31-16-14-29(15-17-31)22-47-25-32-34(43)13-8-18-42(37(44)49-26-38(39,40)41)33-19-30(23-46-21-27-9-4-2-5-10-27)20-35(36(32)33)48-24-28-11-6-3-7-12-28/h2-17,19-20,32,34,43H,18,21-26H2,1H3/b13-8-/t32-,34+/m1/s1. The summed E-state index contributed by atoms with van der Waals surface area (Å²) in [7, 11) is 1.61. The largest absolute Gasteiger partial charge is 0.497 e. The first kappa shape index (κ1) is 36.5. The van der Waals surface area contributed by atoms with Crippen LogP contribution >= 0.6 is 34.8 Å². The lowest BCUT2D eigenvalue weighted by Gasteiger charge is -2.33. The SMILES string of the molecule is COc1ccc(COC[C@H]2c3c(OCc4ccccc4)cc(COCc4ccccc4)cc3N(C(=O)OCC(Cl)(Cl)Cl)C/C=C\[C@@H]2O)cc1. The predicted molar refractivity (Wildman–Crippen MR) is 192 cm³/mol. The molecule has 0 spiro atoms. The molecule has 0 saturated carbocycles. The van der Waals surface area contributed by atoms with Gasteiger partial charge in [0.05, 0.1) is 45.3 Å². The molecule has 5 rings (SSSR count). The third-order valence-electron chi connectivity index (χ3n) is 7.80. The Hall–Kier alpha value is -3.76. The number of amides is 1. The molecule has 1 heterocycles. The van der Waals surface area contributed by atoms with Crippen molar-refractivity contribution in [2.45, 2.75) is 42.2 Å². The van der Waals surface area contributed by atoms with Crippen molar-refractivity contribution in [2.75, 3.05) is 31.8 Å². The number of hydrogen-bond acceptors (Lipinski definition) is 7. The van der Waals surface area contributed by atoms with E-state index in [1.165, 1.54) is 4.90 Å². The van der Waals surface area contributed by atoms with Gasteiger partial charge in [-0.05, 0) is 46.5 Å². The molecule has 4 aromatic rings. The molecular weight excluding hydrogens is 689 g/mol. The molecule has 49 heavy (non-hydrogen) atoms. The number of fused-ring (bicyclic) bond motifs is 1. The molecule has 2 atom stereocenters. The van der Waals surface area contributed by atoms with Gasteiger partial charge >= 0.3 is 6.09 Å². The lowest BCUT2D eigenvalue weighted by molar-refractivity contribution is 0.0677. The summed E-state index contributed by atoms with van der Waals surface area (Å²) in [6.45, 7) is 0.855. The first-order valence-electron chi connectivity index (χ1n) is 15.7. The fourth-order valence-corrected chi connectivity index (χ4v) is 5.54. The van der Waals surface area contributed by atoms with Gasteiger partial charge in [0, 0.05) is 18.0 Å². The lowest BCUT2D eigenvalue weighted by atomic mass is 9.88. The van der Waals surface area contributed by atoms with Crippen LogP contribution in [0.4, 0.5) is 10.5 Å². The molecule has 258 valence electrons. The molecule has 0 aliphatic carbocycles. The van der Waals surface area contributed by atoms with Crippen molar-refractivity contribution >= 4 is 46.6 Å². The summed E-state index contributed by atoms with van der Waals surface area (Å²) in [5, 5.41) is 11.5. The smallest absolute Gasteiger partial charge is 0.414 e. The number of benzene rings is 4. The fourth-order valence-electron chi connectivity index (χ4n) is 5.37. The van der Waals surface area contributed by atoms with Crippen molar-refractivity contribution in [3.05, 3.63) is 137 Å². The molecule has 8 nitrogen and oxygen atoms in total. The third-order valence-corrected chi connectivity index (χ3v) is 8.12. The molecule has 0 fully saturated rings. The summed E-state index contributed by atoms with van der Waals surface area (Å²) in [5.74, 6) is 0.563. The van der Waals surface area contributed by atoms with Crippen molar-refractivity contribution in [3.8, 4) is 11.5 Å². The third kappa shape index (κ3) is 10.9. The van der Waals surface area contributed by atoms with E-state index in [1.807, 2.05) is 97.1 Å². The monoisotopic (exact) mass is 725 g/mol. The Bertz CT molecular complexity index is 1660. The number of aliphatic hydroxyl groups excluding tert-OH is 1. The van der Waals surface area contributed by atoms with E-state index in [0.29, 0.717) is 23.6 Å². The number of rotatable bonds is 13. The van der Waals surface area contributed by atoms with Gasteiger partial charge in [-0.2, -0.15) is 0 Å². The number of ether oxygens (including phenoxy) is 5. The van der Waals surface area contributed by atoms with Crippen molar-refractivity contribution in [2.24, 2.45) is 0 Å². The van der Waals surface area contributed by atoms with Crippen LogP contribution in [-0.4, -0.2) is 48.0 Å². The number of carbonyl (C=O) groups is 1. The summed E-state index contributed by atoms with van der Waals surface area (Å²) >= 11 is 17.8. The fraction of sp³-hybridized carbons (Fsp3) is 0.289. The Morgan fingerprint density at radius 1 is 0.816 bits per heavy atom. The number of hydrogen-bond donors (Lipinski definition) is 1. The maximum absolute atomic E-state index is 13.6. The molecule has 0 radical (unpaired) electrons. The highest BCUT2D eigenvalue weighted by atomic mass is 35.6. The second-order valence-electron chi connectivity index (χ2n) is 11.4. The Morgan fingerprint density at radius 3 is 2.08 bits per heavy atom. The minimum Gasteiger partial charge on any atom is -0.497 e. The van der Waals surface area contributed by atoms with Crippen LogP contribution in [-0.2, 0) is 40.6 Å². The minimum absolute atomic E-state index is 0.0780. The van der Waals surface area contributed by atoms with Crippen LogP contribution in [0.1, 0.15) is 33.7 Å². The quantitative estimate of drug-likeness (QED) is 0.109.